The molecule has 3 fully saturated rings. The summed E-state index contributed by atoms with van der Waals surface area (Å²) in [7, 11) is 0. The van der Waals surface area contributed by atoms with Gasteiger partial charge in [0.15, 0.2) is 0 Å². The average molecular weight is 280 g/mol. The number of likely N-dealkylation sites (tertiary alicyclic amines) is 1. The number of amides is 1. The molecule has 2 aliphatic carbocycles. The van der Waals surface area contributed by atoms with Crippen molar-refractivity contribution in [2.24, 2.45) is 11.8 Å². The molecule has 0 aromatic heterocycles. The van der Waals surface area contributed by atoms with E-state index in [0.717, 1.165) is 38.8 Å². The van der Waals surface area contributed by atoms with E-state index in [2.05, 4.69) is 10.2 Å². The lowest BCUT2D eigenvalue weighted by atomic mass is 9.86. The Morgan fingerprint density at radius 2 is 1.90 bits per heavy atom. The Morgan fingerprint density at radius 1 is 1.15 bits per heavy atom. The van der Waals surface area contributed by atoms with E-state index in [1.165, 1.54) is 25.7 Å². The standard InChI is InChI=1S/C16H28N2O2/c19-11-12-4-3-5-14(10-12)17-16(20)15(13-6-7-13)18-8-1-2-9-18/h12-15,19H,1-11H2,(H,17,20). The van der Waals surface area contributed by atoms with E-state index < -0.39 is 0 Å². The van der Waals surface area contributed by atoms with Crippen molar-refractivity contribution < 1.29 is 9.90 Å². The molecule has 114 valence electrons. The third-order valence-corrected chi connectivity index (χ3v) is 5.26. The molecule has 0 aromatic carbocycles. The summed E-state index contributed by atoms with van der Waals surface area (Å²) in [4.78, 5) is 15.1. The van der Waals surface area contributed by atoms with Gasteiger partial charge in [-0.05, 0) is 69.9 Å². The van der Waals surface area contributed by atoms with Crippen LogP contribution >= 0.6 is 0 Å². The lowest BCUT2D eigenvalue weighted by Gasteiger charge is -2.32. The topological polar surface area (TPSA) is 52.6 Å². The second kappa shape index (κ2) is 6.44. The molecule has 1 aliphatic heterocycles. The SMILES string of the molecule is O=C(NC1CCCC(CO)C1)C(C1CC1)N1CCCC1. The molecule has 0 spiro atoms. The van der Waals surface area contributed by atoms with Crippen LogP contribution in [0.4, 0.5) is 0 Å². The first-order valence-electron chi connectivity index (χ1n) is 8.43. The third kappa shape index (κ3) is 3.34. The summed E-state index contributed by atoms with van der Waals surface area (Å²) in [6.45, 7) is 2.46. The maximum Gasteiger partial charge on any atom is 0.237 e. The van der Waals surface area contributed by atoms with E-state index in [4.69, 9.17) is 0 Å². The van der Waals surface area contributed by atoms with E-state index in [9.17, 15) is 9.90 Å². The molecule has 3 rings (SSSR count). The van der Waals surface area contributed by atoms with Crippen molar-refractivity contribution in [3.63, 3.8) is 0 Å². The van der Waals surface area contributed by atoms with Gasteiger partial charge in [0.2, 0.25) is 5.91 Å². The van der Waals surface area contributed by atoms with Crippen molar-refractivity contribution in [3.8, 4) is 0 Å². The zero-order chi connectivity index (χ0) is 13.9. The fourth-order valence-corrected chi connectivity index (χ4v) is 3.98. The normalized spacial score (nSPS) is 33.0. The first kappa shape index (κ1) is 14.3. The van der Waals surface area contributed by atoms with E-state index in [1.807, 2.05) is 0 Å². The summed E-state index contributed by atoms with van der Waals surface area (Å²) >= 11 is 0. The second-order valence-electron chi connectivity index (χ2n) is 6.95. The fraction of sp³-hybridized carbons (Fsp3) is 0.938. The van der Waals surface area contributed by atoms with Crippen LogP contribution in [0.5, 0.6) is 0 Å². The molecule has 3 unspecified atom stereocenters. The molecule has 3 atom stereocenters. The smallest absolute Gasteiger partial charge is 0.237 e. The molecule has 4 heteroatoms. The van der Waals surface area contributed by atoms with Crippen LogP contribution in [0.1, 0.15) is 51.4 Å². The molecular formula is C16H28N2O2. The number of aliphatic hydroxyl groups is 1. The molecule has 3 aliphatic rings. The predicted octanol–water partition coefficient (Wildman–Crippen LogP) is 1.53. The Morgan fingerprint density at radius 3 is 2.55 bits per heavy atom. The van der Waals surface area contributed by atoms with Crippen LogP contribution in [0.2, 0.25) is 0 Å². The number of hydrogen-bond donors (Lipinski definition) is 2. The van der Waals surface area contributed by atoms with Gasteiger partial charge in [-0.1, -0.05) is 6.42 Å². The largest absolute Gasteiger partial charge is 0.396 e. The van der Waals surface area contributed by atoms with Crippen LogP contribution in [0.3, 0.4) is 0 Å². The lowest BCUT2D eigenvalue weighted by molar-refractivity contribution is -0.128. The molecule has 1 heterocycles. The van der Waals surface area contributed by atoms with Crippen LogP contribution in [-0.2, 0) is 4.79 Å². The minimum absolute atomic E-state index is 0.131. The van der Waals surface area contributed by atoms with E-state index >= 15 is 0 Å². The van der Waals surface area contributed by atoms with Crippen LogP contribution in [-0.4, -0.2) is 47.7 Å². The van der Waals surface area contributed by atoms with Crippen molar-refractivity contribution in [2.45, 2.75) is 63.5 Å². The first-order chi connectivity index (χ1) is 9.78. The van der Waals surface area contributed by atoms with Crippen molar-refractivity contribution in [1.82, 2.24) is 10.2 Å². The van der Waals surface area contributed by atoms with Gasteiger partial charge in [0.1, 0.15) is 0 Å². The molecule has 2 saturated carbocycles. The highest BCUT2D eigenvalue weighted by Crippen LogP contribution is 2.37. The fourth-order valence-electron chi connectivity index (χ4n) is 3.98. The molecule has 0 radical (unpaired) electrons. The maximum absolute atomic E-state index is 12.7. The number of hydrogen-bond acceptors (Lipinski definition) is 3. The molecule has 1 saturated heterocycles. The molecule has 0 bridgehead atoms. The number of carbonyl (C=O) groups excluding carboxylic acids is 1. The summed E-state index contributed by atoms with van der Waals surface area (Å²) < 4.78 is 0. The summed E-state index contributed by atoms with van der Waals surface area (Å²) in [5.74, 6) is 1.25. The van der Waals surface area contributed by atoms with Crippen molar-refractivity contribution in [2.75, 3.05) is 19.7 Å². The van der Waals surface area contributed by atoms with Gasteiger partial charge in [-0.25, -0.2) is 0 Å². The van der Waals surface area contributed by atoms with Crippen LogP contribution in [0.15, 0.2) is 0 Å². The highest BCUT2D eigenvalue weighted by Gasteiger charge is 2.41. The average Bonchev–Trinajstić information content (AvgIpc) is 3.13. The predicted molar refractivity (Wildman–Crippen MR) is 78.3 cm³/mol. The Balaban J connectivity index is 1.56. The van der Waals surface area contributed by atoms with Gasteiger partial charge in [-0.3, -0.25) is 9.69 Å². The molecule has 20 heavy (non-hydrogen) atoms. The summed E-state index contributed by atoms with van der Waals surface area (Å²) in [6.07, 6.45) is 9.21. The van der Waals surface area contributed by atoms with E-state index in [0.29, 0.717) is 11.8 Å². The van der Waals surface area contributed by atoms with Gasteiger partial charge in [0, 0.05) is 12.6 Å². The molecule has 2 N–H and O–H groups in total. The van der Waals surface area contributed by atoms with Gasteiger partial charge in [0.05, 0.1) is 6.04 Å². The number of nitrogens with one attached hydrogen (secondary N) is 1. The van der Waals surface area contributed by atoms with Gasteiger partial charge >= 0.3 is 0 Å². The van der Waals surface area contributed by atoms with Crippen molar-refractivity contribution in [3.05, 3.63) is 0 Å². The Labute approximate surface area is 121 Å². The highest BCUT2D eigenvalue weighted by atomic mass is 16.3. The highest BCUT2D eigenvalue weighted by molar-refractivity contribution is 5.82. The van der Waals surface area contributed by atoms with Gasteiger partial charge in [-0.15, -0.1) is 0 Å². The number of carbonyl (C=O) groups is 1. The van der Waals surface area contributed by atoms with Gasteiger partial charge in [-0.2, -0.15) is 0 Å². The number of nitrogens with zero attached hydrogens (tertiary/aromatic N) is 1. The second-order valence-corrected chi connectivity index (χ2v) is 6.95. The molecule has 4 nitrogen and oxygen atoms in total. The van der Waals surface area contributed by atoms with Crippen LogP contribution in [0, 0.1) is 11.8 Å². The quantitative estimate of drug-likeness (QED) is 0.803. The monoisotopic (exact) mass is 280 g/mol. The van der Waals surface area contributed by atoms with Gasteiger partial charge in [0.25, 0.3) is 0 Å². The Kier molecular flexibility index (Phi) is 4.61. The lowest BCUT2D eigenvalue weighted by Crippen LogP contribution is -2.51. The first-order valence-corrected chi connectivity index (χ1v) is 8.43. The maximum atomic E-state index is 12.7. The Bertz CT molecular complexity index is 337. The van der Waals surface area contributed by atoms with Crippen molar-refractivity contribution >= 4 is 5.91 Å². The van der Waals surface area contributed by atoms with E-state index in [1.54, 1.807) is 0 Å². The molecular weight excluding hydrogens is 252 g/mol. The minimum atomic E-state index is 0.131. The summed E-state index contributed by atoms with van der Waals surface area (Å²) in [5.41, 5.74) is 0. The minimum Gasteiger partial charge on any atom is -0.396 e. The van der Waals surface area contributed by atoms with E-state index in [-0.39, 0.29) is 24.6 Å². The zero-order valence-corrected chi connectivity index (χ0v) is 12.4. The molecule has 0 aromatic rings. The summed E-state index contributed by atoms with van der Waals surface area (Å²) in [6, 6.07) is 0.421. The zero-order valence-electron chi connectivity index (χ0n) is 12.4. The van der Waals surface area contributed by atoms with Crippen molar-refractivity contribution in [1.29, 1.82) is 0 Å². The number of aliphatic hydroxyl groups excluding tert-OH is 1. The molecule has 1 amide bonds. The van der Waals surface area contributed by atoms with Gasteiger partial charge < -0.3 is 10.4 Å². The third-order valence-electron chi connectivity index (χ3n) is 5.26. The summed E-state index contributed by atoms with van der Waals surface area (Å²) in [5, 5.41) is 12.6. The van der Waals surface area contributed by atoms with Crippen LogP contribution in [0.25, 0.3) is 0 Å². The number of rotatable bonds is 5. The van der Waals surface area contributed by atoms with Crippen LogP contribution < -0.4 is 5.32 Å². The Hall–Kier alpha value is -0.610.